The number of nitrogens with one attached hydrogen (secondary N) is 1. The highest BCUT2D eigenvalue weighted by atomic mass is 19.1. The van der Waals surface area contributed by atoms with Crippen LogP contribution in [0.2, 0.25) is 0 Å². The first kappa shape index (κ1) is 14.1. The lowest BCUT2D eigenvalue weighted by Crippen LogP contribution is -2.21. The summed E-state index contributed by atoms with van der Waals surface area (Å²) >= 11 is 0. The van der Waals surface area contributed by atoms with Crippen molar-refractivity contribution in [3.05, 3.63) is 64.5 Å². The zero-order valence-corrected chi connectivity index (χ0v) is 12.8. The van der Waals surface area contributed by atoms with Crippen molar-refractivity contribution in [1.29, 1.82) is 0 Å². The average Bonchev–Trinajstić information content (AvgIpc) is 2.92. The third-order valence-corrected chi connectivity index (χ3v) is 4.39. The van der Waals surface area contributed by atoms with Crippen LogP contribution in [0.5, 0.6) is 0 Å². The number of nitrogens with zero attached hydrogens (tertiary/aromatic N) is 1. The Morgan fingerprint density at radius 2 is 1.76 bits per heavy atom. The van der Waals surface area contributed by atoms with E-state index >= 15 is 0 Å². The molecule has 2 aromatic carbocycles. The van der Waals surface area contributed by atoms with Crippen molar-refractivity contribution in [3.8, 4) is 0 Å². The number of hydrogen-bond donors (Lipinski definition) is 1. The van der Waals surface area contributed by atoms with Gasteiger partial charge in [-0.15, -0.1) is 0 Å². The molecule has 21 heavy (non-hydrogen) atoms. The van der Waals surface area contributed by atoms with Crippen molar-refractivity contribution < 1.29 is 4.39 Å². The predicted molar refractivity (Wildman–Crippen MR) is 84.9 cm³/mol. The van der Waals surface area contributed by atoms with E-state index < -0.39 is 0 Å². The van der Waals surface area contributed by atoms with Gasteiger partial charge in [-0.25, -0.2) is 4.39 Å². The number of rotatable bonds is 3. The van der Waals surface area contributed by atoms with Crippen LogP contribution in [0.15, 0.2) is 36.4 Å². The first-order chi connectivity index (χ1) is 10.1. The van der Waals surface area contributed by atoms with Crippen LogP contribution < -0.4 is 10.2 Å². The van der Waals surface area contributed by atoms with Crippen molar-refractivity contribution >= 4 is 5.69 Å². The summed E-state index contributed by atoms with van der Waals surface area (Å²) in [7, 11) is 1.91. The SMILES string of the molecule is CNC(C)c1cc(F)c(C)cc1N1Cc2ccccc2C1. The second-order valence-corrected chi connectivity index (χ2v) is 5.80. The number of benzene rings is 2. The highest BCUT2D eigenvalue weighted by Gasteiger charge is 2.23. The second kappa shape index (κ2) is 5.49. The van der Waals surface area contributed by atoms with Crippen LogP contribution in [-0.4, -0.2) is 7.05 Å². The Balaban J connectivity index is 2.01. The number of aryl methyl sites for hydroxylation is 1. The zero-order chi connectivity index (χ0) is 15.0. The number of halogens is 1. The molecule has 110 valence electrons. The van der Waals surface area contributed by atoms with Crippen LogP contribution in [0.3, 0.4) is 0 Å². The van der Waals surface area contributed by atoms with Gasteiger partial charge in [-0.2, -0.15) is 0 Å². The summed E-state index contributed by atoms with van der Waals surface area (Å²) in [5.41, 5.74) is 5.58. The van der Waals surface area contributed by atoms with E-state index in [1.165, 1.54) is 11.1 Å². The van der Waals surface area contributed by atoms with Crippen molar-refractivity contribution in [2.75, 3.05) is 11.9 Å². The molecular formula is C18H21FN2. The molecule has 2 aromatic rings. The minimum Gasteiger partial charge on any atom is -0.363 e. The van der Waals surface area contributed by atoms with Crippen molar-refractivity contribution in [1.82, 2.24) is 5.32 Å². The van der Waals surface area contributed by atoms with E-state index in [1.54, 1.807) is 6.07 Å². The van der Waals surface area contributed by atoms with Gasteiger partial charge in [-0.1, -0.05) is 24.3 Å². The molecule has 3 rings (SSSR count). The quantitative estimate of drug-likeness (QED) is 0.918. The summed E-state index contributed by atoms with van der Waals surface area (Å²) < 4.78 is 14.0. The molecule has 1 atom stereocenters. The van der Waals surface area contributed by atoms with Gasteiger partial charge in [0, 0.05) is 24.8 Å². The van der Waals surface area contributed by atoms with Gasteiger partial charge in [-0.3, -0.25) is 0 Å². The van der Waals surface area contributed by atoms with Gasteiger partial charge in [0.25, 0.3) is 0 Å². The summed E-state index contributed by atoms with van der Waals surface area (Å²) in [6.45, 7) is 5.68. The van der Waals surface area contributed by atoms with E-state index in [-0.39, 0.29) is 11.9 Å². The summed E-state index contributed by atoms with van der Waals surface area (Å²) in [5.74, 6) is -0.132. The second-order valence-electron chi connectivity index (χ2n) is 5.80. The lowest BCUT2D eigenvalue weighted by molar-refractivity contribution is 0.599. The average molecular weight is 284 g/mol. The maximum atomic E-state index is 14.0. The largest absolute Gasteiger partial charge is 0.363 e. The minimum atomic E-state index is -0.132. The Bertz CT molecular complexity index is 641. The third-order valence-electron chi connectivity index (χ3n) is 4.39. The van der Waals surface area contributed by atoms with E-state index in [1.807, 2.05) is 20.0 Å². The Kier molecular flexibility index (Phi) is 3.68. The fraction of sp³-hybridized carbons (Fsp3) is 0.333. The summed E-state index contributed by atoms with van der Waals surface area (Å²) in [4.78, 5) is 2.33. The molecule has 0 amide bonds. The Morgan fingerprint density at radius 3 is 2.33 bits per heavy atom. The molecular weight excluding hydrogens is 263 g/mol. The maximum absolute atomic E-state index is 14.0. The van der Waals surface area contributed by atoms with E-state index in [0.717, 1.165) is 24.3 Å². The molecule has 3 heteroatoms. The van der Waals surface area contributed by atoms with Crippen LogP contribution in [0.25, 0.3) is 0 Å². The first-order valence-corrected chi connectivity index (χ1v) is 7.39. The van der Waals surface area contributed by atoms with E-state index in [2.05, 4.69) is 41.4 Å². The van der Waals surface area contributed by atoms with Crippen LogP contribution in [0.1, 0.15) is 35.2 Å². The molecule has 1 aliphatic rings. The molecule has 0 saturated heterocycles. The molecule has 1 aliphatic heterocycles. The maximum Gasteiger partial charge on any atom is 0.126 e. The Labute approximate surface area is 125 Å². The molecule has 0 fully saturated rings. The van der Waals surface area contributed by atoms with Crippen molar-refractivity contribution in [2.24, 2.45) is 0 Å². The Hall–Kier alpha value is -1.87. The van der Waals surface area contributed by atoms with Gasteiger partial charge in [0.15, 0.2) is 0 Å². The van der Waals surface area contributed by atoms with Gasteiger partial charge in [0.2, 0.25) is 0 Å². The lowest BCUT2D eigenvalue weighted by Gasteiger charge is -2.25. The number of fused-ring (bicyclic) bond motifs is 1. The normalized spacial score (nSPS) is 15.1. The minimum absolute atomic E-state index is 0.124. The number of anilines is 1. The molecule has 0 aromatic heterocycles. The monoisotopic (exact) mass is 284 g/mol. The topological polar surface area (TPSA) is 15.3 Å². The fourth-order valence-corrected chi connectivity index (χ4v) is 2.96. The van der Waals surface area contributed by atoms with E-state index in [0.29, 0.717) is 5.56 Å². The summed E-state index contributed by atoms with van der Waals surface area (Å²) in [5, 5.41) is 3.22. The fourth-order valence-electron chi connectivity index (χ4n) is 2.96. The van der Waals surface area contributed by atoms with Crippen LogP contribution in [0, 0.1) is 12.7 Å². The van der Waals surface area contributed by atoms with Gasteiger partial charge in [0.05, 0.1) is 0 Å². The molecule has 0 saturated carbocycles. The van der Waals surface area contributed by atoms with E-state index in [4.69, 9.17) is 0 Å². The number of hydrogen-bond acceptors (Lipinski definition) is 2. The standard InChI is InChI=1S/C18H21FN2/c1-12-8-18(16(9-17(12)19)13(2)20-3)21-10-14-6-4-5-7-15(14)11-21/h4-9,13,20H,10-11H2,1-3H3. The Morgan fingerprint density at radius 1 is 1.14 bits per heavy atom. The van der Waals surface area contributed by atoms with E-state index in [9.17, 15) is 4.39 Å². The molecule has 0 bridgehead atoms. The smallest absolute Gasteiger partial charge is 0.126 e. The van der Waals surface area contributed by atoms with Gasteiger partial charge in [-0.05, 0) is 55.3 Å². The van der Waals surface area contributed by atoms with Gasteiger partial charge >= 0.3 is 0 Å². The highest BCUT2D eigenvalue weighted by molar-refractivity contribution is 5.59. The van der Waals surface area contributed by atoms with Crippen LogP contribution in [0.4, 0.5) is 10.1 Å². The van der Waals surface area contributed by atoms with Crippen LogP contribution >= 0.6 is 0 Å². The molecule has 0 aliphatic carbocycles. The van der Waals surface area contributed by atoms with Gasteiger partial charge < -0.3 is 10.2 Å². The summed E-state index contributed by atoms with van der Waals surface area (Å²) in [6, 6.07) is 12.3. The molecule has 1 N–H and O–H groups in total. The lowest BCUT2D eigenvalue weighted by atomic mass is 10.0. The zero-order valence-electron chi connectivity index (χ0n) is 12.8. The summed E-state index contributed by atoms with van der Waals surface area (Å²) in [6.07, 6.45) is 0. The first-order valence-electron chi connectivity index (χ1n) is 7.39. The van der Waals surface area contributed by atoms with Crippen molar-refractivity contribution in [3.63, 3.8) is 0 Å². The third kappa shape index (κ3) is 2.54. The highest BCUT2D eigenvalue weighted by Crippen LogP contribution is 2.34. The van der Waals surface area contributed by atoms with Crippen molar-refractivity contribution in [2.45, 2.75) is 33.0 Å². The van der Waals surface area contributed by atoms with Crippen LogP contribution in [-0.2, 0) is 13.1 Å². The van der Waals surface area contributed by atoms with Gasteiger partial charge in [0.1, 0.15) is 5.82 Å². The molecule has 2 nitrogen and oxygen atoms in total. The predicted octanol–water partition coefficient (Wildman–Crippen LogP) is 3.93. The molecule has 0 spiro atoms. The molecule has 1 unspecified atom stereocenters. The molecule has 0 radical (unpaired) electrons. The molecule has 1 heterocycles.